The first-order valence-corrected chi connectivity index (χ1v) is 5.39. The predicted molar refractivity (Wildman–Crippen MR) is 44.4 cm³/mol. The van der Waals surface area contributed by atoms with E-state index in [1.165, 1.54) is 0 Å². The molecule has 0 aliphatic heterocycles. The van der Waals surface area contributed by atoms with Crippen molar-refractivity contribution in [2.24, 2.45) is 0 Å². The monoisotopic (exact) mass is 162 g/mol. The average Bonchev–Trinajstić information content (AvgIpc) is 1.89. The fraction of sp³-hybridized carbons (Fsp3) is 0.714. The Kier molecular flexibility index (Phi) is 3.92. The standard InChI is InChI=1S/C7H15O2P/c1-4-6-7(3)10(8,9)5-2/h3-6H2,1-2H3,(H,8,9). The van der Waals surface area contributed by atoms with Gasteiger partial charge < -0.3 is 4.89 Å². The predicted octanol–water partition coefficient (Wildman–Crippen LogP) is 2.59. The van der Waals surface area contributed by atoms with Crippen LogP contribution < -0.4 is 0 Å². The molecule has 60 valence electrons. The Morgan fingerprint density at radius 2 is 2.10 bits per heavy atom. The zero-order chi connectivity index (χ0) is 8.20. The van der Waals surface area contributed by atoms with Crippen LogP contribution in [0.15, 0.2) is 11.9 Å². The van der Waals surface area contributed by atoms with Gasteiger partial charge in [0.25, 0.3) is 0 Å². The molecule has 0 radical (unpaired) electrons. The van der Waals surface area contributed by atoms with E-state index in [0.717, 1.165) is 6.42 Å². The molecule has 0 aliphatic rings. The minimum absolute atomic E-state index is 0.311. The highest BCUT2D eigenvalue weighted by Crippen LogP contribution is 2.49. The van der Waals surface area contributed by atoms with E-state index in [1.807, 2.05) is 6.92 Å². The molecule has 0 aliphatic carbocycles. The smallest absolute Gasteiger partial charge is 0.224 e. The maximum absolute atomic E-state index is 11.1. The lowest BCUT2D eigenvalue weighted by Crippen LogP contribution is -1.87. The Balaban J connectivity index is 4.06. The SMILES string of the molecule is C=C(CCC)P(=O)(O)CC. The van der Waals surface area contributed by atoms with E-state index >= 15 is 0 Å². The van der Waals surface area contributed by atoms with Crippen LogP contribution in [0.2, 0.25) is 0 Å². The van der Waals surface area contributed by atoms with Crippen molar-refractivity contribution in [2.45, 2.75) is 26.7 Å². The van der Waals surface area contributed by atoms with Crippen molar-refractivity contribution in [3.8, 4) is 0 Å². The molecule has 0 aromatic carbocycles. The van der Waals surface area contributed by atoms with Crippen LogP contribution >= 0.6 is 7.37 Å². The zero-order valence-corrected chi connectivity index (χ0v) is 7.53. The van der Waals surface area contributed by atoms with Crippen molar-refractivity contribution >= 4 is 7.37 Å². The Bertz CT molecular complexity index is 163. The minimum atomic E-state index is -2.98. The van der Waals surface area contributed by atoms with Gasteiger partial charge in [0.05, 0.1) is 0 Å². The number of rotatable bonds is 4. The highest BCUT2D eigenvalue weighted by Gasteiger charge is 2.17. The maximum Gasteiger partial charge on any atom is 0.224 e. The maximum atomic E-state index is 11.1. The van der Waals surface area contributed by atoms with Gasteiger partial charge in [0.2, 0.25) is 7.37 Å². The third-order valence-electron chi connectivity index (χ3n) is 1.46. The Morgan fingerprint density at radius 1 is 1.60 bits per heavy atom. The van der Waals surface area contributed by atoms with Gasteiger partial charge in [-0.25, -0.2) is 0 Å². The molecule has 1 atom stereocenters. The Hall–Kier alpha value is -0.0700. The van der Waals surface area contributed by atoms with Gasteiger partial charge in [0.15, 0.2) is 0 Å². The first kappa shape index (κ1) is 9.93. The second kappa shape index (κ2) is 3.95. The van der Waals surface area contributed by atoms with E-state index in [0.29, 0.717) is 17.9 Å². The highest BCUT2D eigenvalue weighted by molar-refractivity contribution is 7.62. The summed E-state index contributed by atoms with van der Waals surface area (Å²) in [5, 5.41) is 0.512. The molecule has 0 heterocycles. The van der Waals surface area contributed by atoms with Crippen molar-refractivity contribution in [1.82, 2.24) is 0 Å². The van der Waals surface area contributed by atoms with Crippen molar-refractivity contribution < 1.29 is 9.46 Å². The molecule has 0 fully saturated rings. The van der Waals surface area contributed by atoms with Crippen molar-refractivity contribution in [3.63, 3.8) is 0 Å². The molecule has 0 saturated heterocycles. The van der Waals surface area contributed by atoms with Crippen molar-refractivity contribution in [2.75, 3.05) is 6.16 Å². The molecule has 0 aromatic heterocycles. The molecule has 1 unspecified atom stereocenters. The zero-order valence-electron chi connectivity index (χ0n) is 6.63. The number of hydrogen-bond acceptors (Lipinski definition) is 1. The quantitative estimate of drug-likeness (QED) is 0.645. The number of hydrogen-bond donors (Lipinski definition) is 1. The first-order chi connectivity index (χ1) is 4.54. The van der Waals surface area contributed by atoms with Gasteiger partial charge in [-0.05, 0) is 6.42 Å². The lowest BCUT2D eigenvalue weighted by atomic mass is 10.3. The third kappa shape index (κ3) is 2.68. The Morgan fingerprint density at radius 3 is 2.40 bits per heavy atom. The lowest BCUT2D eigenvalue weighted by Gasteiger charge is -2.10. The van der Waals surface area contributed by atoms with Gasteiger partial charge in [-0.3, -0.25) is 4.57 Å². The molecule has 2 nitrogen and oxygen atoms in total. The van der Waals surface area contributed by atoms with E-state index in [9.17, 15) is 9.46 Å². The highest BCUT2D eigenvalue weighted by atomic mass is 31.2. The fourth-order valence-corrected chi connectivity index (χ4v) is 1.71. The van der Waals surface area contributed by atoms with Gasteiger partial charge >= 0.3 is 0 Å². The van der Waals surface area contributed by atoms with Gasteiger partial charge in [-0.1, -0.05) is 26.8 Å². The third-order valence-corrected chi connectivity index (χ3v) is 3.53. The second-order valence-electron chi connectivity index (χ2n) is 2.33. The summed E-state index contributed by atoms with van der Waals surface area (Å²) in [5.41, 5.74) is 0. The Labute approximate surface area is 62.4 Å². The van der Waals surface area contributed by atoms with Gasteiger partial charge in [0.1, 0.15) is 0 Å². The van der Waals surface area contributed by atoms with Crippen LogP contribution in [0.1, 0.15) is 26.7 Å². The second-order valence-corrected chi connectivity index (χ2v) is 5.00. The summed E-state index contributed by atoms with van der Waals surface area (Å²) in [4.78, 5) is 9.18. The molecule has 10 heavy (non-hydrogen) atoms. The van der Waals surface area contributed by atoms with Crippen LogP contribution in [0.4, 0.5) is 0 Å². The van der Waals surface area contributed by atoms with E-state index in [2.05, 4.69) is 6.58 Å². The molecule has 1 N–H and O–H groups in total. The van der Waals surface area contributed by atoms with Crippen LogP contribution in [0.25, 0.3) is 0 Å². The van der Waals surface area contributed by atoms with Crippen LogP contribution in [-0.2, 0) is 4.57 Å². The largest absolute Gasteiger partial charge is 0.341 e. The molecule has 0 saturated carbocycles. The average molecular weight is 162 g/mol. The normalized spacial score (nSPS) is 16.3. The molecule has 0 rings (SSSR count). The first-order valence-electron chi connectivity index (χ1n) is 3.54. The minimum Gasteiger partial charge on any atom is -0.341 e. The lowest BCUT2D eigenvalue weighted by molar-refractivity contribution is 0.485. The molecular weight excluding hydrogens is 147 g/mol. The van der Waals surface area contributed by atoms with Gasteiger partial charge in [-0.2, -0.15) is 0 Å². The molecular formula is C7H15O2P. The van der Waals surface area contributed by atoms with Crippen LogP contribution in [-0.4, -0.2) is 11.1 Å². The molecule has 0 amide bonds. The fourth-order valence-electron chi connectivity index (χ4n) is 0.687. The molecule has 0 spiro atoms. The summed E-state index contributed by atoms with van der Waals surface area (Å²) in [6.07, 6.45) is 1.87. The van der Waals surface area contributed by atoms with Crippen LogP contribution in [0, 0.1) is 0 Å². The summed E-state index contributed by atoms with van der Waals surface area (Å²) in [6, 6.07) is 0. The summed E-state index contributed by atoms with van der Waals surface area (Å²) < 4.78 is 11.1. The number of allylic oxidation sites excluding steroid dienone is 1. The van der Waals surface area contributed by atoms with Gasteiger partial charge in [0, 0.05) is 11.5 Å². The summed E-state index contributed by atoms with van der Waals surface area (Å²) in [6.45, 7) is 7.26. The summed E-state index contributed by atoms with van der Waals surface area (Å²) >= 11 is 0. The van der Waals surface area contributed by atoms with Crippen molar-refractivity contribution in [1.29, 1.82) is 0 Å². The molecule has 0 aromatic rings. The summed E-state index contributed by atoms with van der Waals surface area (Å²) in [7, 11) is -2.98. The molecule has 0 bridgehead atoms. The molecule has 3 heteroatoms. The van der Waals surface area contributed by atoms with E-state index < -0.39 is 7.37 Å². The van der Waals surface area contributed by atoms with Crippen LogP contribution in [0.3, 0.4) is 0 Å². The summed E-state index contributed by atoms with van der Waals surface area (Å²) in [5.74, 6) is 0. The van der Waals surface area contributed by atoms with Crippen LogP contribution in [0.5, 0.6) is 0 Å². The van der Waals surface area contributed by atoms with Gasteiger partial charge in [-0.15, -0.1) is 0 Å². The van der Waals surface area contributed by atoms with E-state index in [-0.39, 0.29) is 0 Å². The van der Waals surface area contributed by atoms with E-state index in [1.54, 1.807) is 6.92 Å². The van der Waals surface area contributed by atoms with E-state index in [4.69, 9.17) is 0 Å². The topological polar surface area (TPSA) is 37.3 Å². The van der Waals surface area contributed by atoms with Crippen molar-refractivity contribution in [3.05, 3.63) is 11.9 Å².